The van der Waals surface area contributed by atoms with Crippen molar-refractivity contribution in [2.75, 3.05) is 0 Å². The normalized spacial score (nSPS) is 13.1. The van der Waals surface area contributed by atoms with Crippen LogP contribution in [-0.2, 0) is 5.41 Å². The van der Waals surface area contributed by atoms with Crippen molar-refractivity contribution in [2.45, 2.75) is 15.2 Å². The van der Waals surface area contributed by atoms with Gasteiger partial charge in [-0.25, -0.2) is 15.0 Å². The van der Waals surface area contributed by atoms with E-state index in [-0.39, 0.29) is 0 Å². The summed E-state index contributed by atoms with van der Waals surface area (Å²) < 4.78 is 0. The highest BCUT2D eigenvalue weighted by atomic mass is 32.2. The highest BCUT2D eigenvalue weighted by Gasteiger charge is 2.50. The first-order chi connectivity index (χ1) is 31.7. The number of pyridine rings is 1. The highest BCUT2D eigenvalue weighted by molar-refractivity contribution is 7.99. The van der Waals surface area contributed by atoms with E-state index in [2.05, 4.69) is 206 Å². The fraction of sp³-hybridized carbons (Fsp3) is 0.0167. The number of aromatic nitrogens is 3. The van der Waals surface area contributed by atoms with E-state index < -0.39 is 5.41 Å². The van der Waals surface area contributed by atoms with Gasteiger partial charge in [0, 0.05) is 42.8 Å². The molecule has 0 amide bonds. The van der Waals surface area contributed by atoms with Gasteiger partial charge < -0.3 is 0 Å². The van der Waals surface area contributed by atoms with Gasteiger partial charge in [0.2, 0.25) is 0 Å². The lowest BCUT2D eigenvalue weighted by Crippen LogP contribution is -2.31. The van der Waals surface area contributed by atoms with Crippen LogP contribution in [0.2, 0.25) is 0 Å². The number of nitrogens with zero attached hydrogens (tertiary/aromatic N) is 3. The Hall–Kier alpha value is -7.92. The maximum atomic E-state index is 5.50. The maximum absolute atomic E-state index is 5.50. The molecule has 9 aromatic carbocycles. The molecule has 2 aromatic heterocycles. The van der Waals surface area contributed by atoms with Crippen LogP contribution in [0.3, 0.4) is 0 Å². The Morgan fingerprint density at radius 2 is 0.875 bits per heavy atom. The summed E-state index contributed by atoms with van der Waals surface area (Å²) >= 11 is 1.87. The van der Waals surface area contributed by atoms with E-state index in [1.165, 1.54) is 48.7 Å². The van der Waals surface area contributed by atoms with E-state index in [1.807, 2.05) is 30.0 Å². The molecular formula is C60H37N3S. The summed E-state index contributed by atoms with van der Waals surface area (Å²) in [5.41, 5.74) is 17.3. The van der Waals surface area contributed by atoms with Crippen molar-refractivity contribution in [2.24, 2.45) is 0 Å². The molecular weight excluding hydrogens is 795 g/mol. The fourth-order valence-electron chi connectivity index (χ4n) is 10.3. The summed E-state index contributed by atoms with van der Waals surface area (Å²) in [5, 5.41) is 3.37. The summed E-state index contributed by atoms with van der Waals surface area (Å²) in [4.78, 5) is 18.6. The zero-order chi connectivity index (χ0) is 42.2. The Kier molecular flexibility index (Phi) is 8.37. The summed E-state index contributed by atoms with van der Waals surface area (Å²) in [7, 11) is 0. The Morgan fingerprint density at radius 1 is 0.312 bits per heavy atom. The van der Waals surface area contributed by atoms with Crippen LogP contribution in [-0.4, -0.2) is 15.0 Å². The second-order valence-corrected chi connectivity index (χ2v) is 17.8. The van der Waals surface area contributed by atoms with Crippen LogP contribution in [0, 0.1) is 0 Å². The number of benzene rings is 9. The lowest BCUT2D eigenvalue weighted by atomic mass is 9.67. The predicted molar refractivity (Wildman–Crippen MR) is 263 cm³/mol. The van der Waals surface area contributed by atoms with Crippen LogP contribution in [0.4, 0.5) is 0 Å². The van der Waals surface area contributed by atoms with Gasteiger partial charge in [0.25, 0.3) is 0 Å². The molecule has 0 atom stereocenters. The van der Waals surface area contributed by atoms with Crippen LogP contribution < -0.4 is 0 Å². The average Bonchev–Trinajstić information content (AvgIpc) is 3.65. The van der Waals surface area contributed by atoms with E-state index in [0.717, 1.165) is 66.6 Å². The smallest absolute Gasteiger partial charge is 0.160 e. The van der Waals surface area contributed by atoms with Gasteiger partial charge in [0.05, 0.1) is 28.0 Å². The molecule has 0 saturated carbocycles. The first-order valence-corrected chi connectivity index (χ1v) is 22.6. The molecule has 2 aliphatic rings. The van der Waals surface area contributed by atoms with Crippen LogP contribution in [0.15, 0.2) is 234 Å². The molecule has 0 N–H and O–H groups in total. The largest absolute Gasteiger partial charge is 0.247 e. The van der Waals surface area contributed by atoms with Gasteiger partial charge >= 0.3 is 0 Å². The maximum Gasteiger partial charge on any atom is 0.160 e. The third-order valence-corrected chi connectivity index (χ3v) is 14.3. The molecule has 13 rings (SSSR count). The lowest BCUT2D eigenvalue weighted by molar-refractivity contribution is 0.723. The van der Waals surface area contributed by atoms with Gasteiger partial charge in [-0.1, -0.05) is 188 Å². The van der Waals surface area contributed by atoms with Crippen molar-refractivity contribution in [1.29, 1.82) is 0 Å². The van der Waals surface area contributed by atoms with Crippen molar-refractivity contribution < 1.29 is 0 Å². The summed E-state index contributed by atoms with van der Waals surface area (Å²) in [6, 6.07) is 80.9. The third-order valence-electron chi connectivity index (χ3n) is 13.1. The Balaban J connectivity index is 1.09. The van der Waals surface area contributed by atoms with Crippen molar-refractivity contribution in [3.8, 4) is 67.4 Å². The summed E-state index contributed by atoms with van der Waals surface area (Å²) in [6.45, 7) is 0. The van der Waals surface area contributed by atoms with Crippen molar-refractivity contribution in [3.05, 3.63) is 247 Å². The fourth-order valence-corrected chi connectivity index (χ4v) is 11.5. The summed E-state index contributed by atoms with van der Waals surface area (Å²) in [6.07, 6.45) is 0. The molecule has 11 aromatic rings. The van der Waals surface area contributed by atoms with E-state index >= 15 is 0 Å². The van der Waals surface area contributed by atoms with Crippen molar-refractivity contribution in [3.63, 3.8) is 0 Å². The standard InChI is InChI=1S/C60H37N3S/c1-4-17-38(18-5-1)41-23-16-24-42(33-41)54-37-55(63-59(62-54)40-21-8-3-9-22-40)43-31-32-53-47(34-43)45-36-52-46(35-48(45)58(61-53)39-19-6-2-7-20-39)44-25-10-11-26-49(44)60(52)50-27-12-14-29-56(50)64-57-30-15-13-28-51(57)60/h1-37H. The van der Waals surface area contributed by atoms with Gasteiger partial charge in [-0.2, -0.15) is 0 Å². The zero-order valence-corrected chi connectivity index (χ0v) is 35.4. The second-order valence-electron chi connectivity index (χ2n) is 16.7. The molecule has 64 heavy (non-hydrogen) atoms. The molecule has 0 bridgehead atoms. The molecule has 3 heterocycles. The van der Waals surface area contributed by atoms with E-state index in [1.54, 1.807) is 0 Å². The molecule has 1 aliphatic heterocycles. The molecule has 3 nitrogen and oxygen atoms in total. The number of hydrogen-bond donors (Lipinski definition) is 0. The Bertz CT molecular complexity index is 3590. The van der Waals surface area contributed by atoms with Gasteiger partial charge in [-0.05, 0) is 98.4 Å². The monoisotopic (exact) mass is 831 g/mol. The zero-order valence-electron chi connectivity index (χ0n) is 34.6. The van der Waals surface area contributed by atoms with Crippen molar-refractivity contribution >= 4 is 33.4 Å². The van der Waals surface area contributed by atoms with Gasteiger partial charge in [0.1, 0.15) is 0 Å². The summed E-state index contributed by atoms with van der Waals surface area (Å²) in [5.74, 6) is 0.686. The van der Waals surface area contributed by atoms with E-state index in [9.17, 15) is 0 Å². The van der Waals surface area contributed by atoms with Gasteiger partial charge in [-0.3, -0.25) is 0 Å². The molecule has 0 fully saturated rings. The van der Waals surface area contributed by atoms with Gasteiger partial charge in [0.15, 0.2) is 5.82 Å². The molecule has 1 aliphatic carbocycles. The molecule has 0 unspecified atom stereocenters. The number of hydrogen-bond acceptors (Lipinski definition) is 4. The molecule has 1 spiro atoms. The minimum Gasteiger partial charge on any atom is -0.247 e. The minimum atomic E-state index is -0.501. The minimum absolute atomic E-state index is 0.501. The molecule has 0 saturated heterocycles. The van der Waals surface area contributed by atoms with Crippen molar-refractivity contribution in [1.82, 2.24) is 15.0 Å². The van der Waals surface area contributed by atoms with E-state index in [4.69, 9.17) is 15.0 Å². The SMILES string of the molecule is c1ccc(-c2cccc(-c3cc(-c4ccc5nc(-c6ccccc6)c6cc7c(cc6c5c4)C4(c5ccccc5Sc5ccccc54)c4ccccc4-7)nc(-c4ccccc4)n3)c2)cc1. The van der Waals surface area contributed by atoms with E-state index in [0.29, 0.717) is 5.82 Å². The van der Waals surface area contributed by atoms with Crippen LogP contribution >= 0.6 is 11.8 Å². The topological polar surface area (TPSA) is 38.7 Å². The van der Waals surface area contributed by atoms with Crippen LogP contribution in [0.25, 0.3) is 89.1 Å². The molecule has 0 radical (unpaired) electrons. The second kappa shape index (κ2) is 14.6. The van der Waals surface area contributed by atoms with Crippen LogP contribution in [0.5, 0.6) is 0 Å². The first-order valence-electron chi connectivity index (χ1n) is 21.8. The Labute approximate surface area is 375 Å². The average molecular weight is 832 g/mol. The quantitative estimate of drug-likeness (QED) is 0.162. The number of rotatable bonds is 5. The number of fused-ring (bicyclic) bond motifs is 12. The van der Waals surface area contributed by atoms with Crippen LogP contribution in [0.1, 0.15) is 22.3 Å². The lowest BCUT2D eigenvalue weighted by Gasteiger charge is -2.39. The first kappa shape index (κ1) is 36.7. The Morgan fingerprint density at radius 3 is 1.58 bits per heavy atom. The highest BCUT2D eigenvalue weighted by Crippen LogP contribution is 2.63. The molecule has 4 heteroatoms. The predicted octanol–water partition coefficient (Wildman–Crippen LogP) is 15.3. The third kappa shape index (κ3) is 5.66. The van der Waals surface area contributed by atoms with Gasteiger partial charge in [-0.15, -0.1) is 0 Å². The molecule has 298 valence electrons.